The zero-order valence-corrected chi connectivity index (χ0v) is 11.7. The quantitative estimate of drug-likeness (QED) is 0.838. The maximum atomic E-state index is 12.3. The number of hydrogen-bond donors (Lipinski definition) is 2. The van der Waals surface area contributed by atoms with Crippen molar-refractivity contribution < 1.29 is 22.8 Å². The average molecular weight is 315 g/mol. The Balaban J connectivity index is 1.78. The second kappa shape index (κ2) is 6.76. The van der Waals surface area contributed by atoms with E-state index in [2.05, 4.69) is 15.6 Å². The third-order valence-electron chi connectivity index (χ3n) is 3.58. The highest BCUT2D eigenvalue weighted by Crippen LogP contribution is 2.29. The first-order valence-corrected chi connectivity index (χ1v) is 6.98. The van der Waals surface area contributed by atoms with Crippen LogP contribution in [0.2, 0.25) is 0 Å². The van der Waals surface area contributed by atoms with E-state index in [1.807, 2.05) is 0 Å². The average Bonchev–Trinajstić information content (AvgIpc) is 2.40. The van der Waals surface area contributed by atoms with Gasteiger partial charge in [-0.25, -0.2) is 4.98 Å². The van der Waals surface area contributed by atoms with Gasteiger partial charge in [0.1, 0.15) is 5.69 Å². The van der Waals surface area contributed by atoms with Crippen LogP contribution in [0.1, 0.15) is 31.4 Å². The Kier molecular flexibility index (Phi) is 4.99. The number of nitrogens with zero attached hydrogens (tertiary/aromatic N) is 1. The van der Waals surface area contributed by atoms with Gasteiger partial charge in [0.25, 0.3) is 0 Å². The molecule has 8 heteroatoms. The van der Waals surface area contributed by atoms with E-state index in [1.165, 1.54) is 6.42 Å². The van der Waals surface area contributed by atoms with E-state index in [0.29, 0.717) is 12.5 Å². The van der Waals surface area contributed by atoms with Crippen molar-refractivity contribution in [2.75, 3.05) is 11.9 Å². The molecule has 0 aromatic carbocycles. The lowest BCUT2D eigenvalue weighted by Crippen LogP contribution is -2.36. The molecule has 0 radical (unpaired) electrons. The molecule has 1 fully saturated rings. The topological polar surface area (TPSA) is 71.1 Å². The summed E-state index contributed by atoms with van der Waals surface area (Å²) in [6.45, 7) is 0.419. The number of carbonyl (C=O) groups is 2. The number of nitrogens with one attached hydrogen (secondary N) is 2. The maximum absolute atomic E-state index is 12.3. The van der Waals surface area contributed by atoms with Crippen molar-refractivity contribution >= 4 is 17.5 Å². The molecule has 1 saturated carbocycles. The molecule has 2 N–H and O–H groups in total. The predicted octanol–water partition coefficient (Wildman–Crippen LogP) is 2.35. The third-order valence-corrected chi connectivity index (χ3v) is 3.58. The van der Waals surface area contributed by atoms with Crippen LogP contribution in [0.4, 0.5) is 18.9 Å². The molecule has 0 atom stereocenters. The molecule has 2 rings (SSSR count). The van der Waals surface area contributed by atoms with Gasteiger partial charge in [0.15, 0.2) is 0 Å². The summed E-state index contributed by atoms with van der Waals surface area (Å²) in [6.07, 6.45) is 0.670. The highest BCUT2D eigenvalue weighted by atomic mass is 19.4. The molecule has 1 heterocycles. The van der Waals surface area contributed by atoms with Gasteiger partial charge in [-0.3, -0.25) is 9.59 Å². The van der Waals surface area contributed by atoms with Crippen molar-refractivity contribution in [2.45, 2.75) is 31.9 Å². The summed E-state index contributed by atoms with van der Waals surface area (Å²) in [5.74, 6) is -1.11. The van der Waals surface area contributed by atoms with Gasteiger partial charge in [-0.05, 0) is 24.5 Å². The van der Waals surface area contributed by atoms with Gasteiger partial charge in [0.05, 0.1) is 11.9 Å². The largest absolute Gasteiger partial charge is 0.433 e. The minimum absolute atomic E-state index is 0.0344. The van der Waals surface area contributed by atoms with Crippen LogP contribution in [0.15, 0.2) is 18.3 Å². The summed E-state index contributed by atoms with van der Waals surface area (Å²) in [5.41, 5.74) is -1.03. The summed E-state index contributed by atoms with van der Waals surface area (Å²) in [7, 11) is 0. The minimum Gasteiger partial charge on any atom is -0.348 e. The van der Waals surface area contributed by atoms with Crippen LogP contribution in [0.5, 0.6) is 0 Å². The van der Waals surface area contributed by atoms with Crippen LogP contribution >= 0.6 is 0 Å². The van der Waals surface area contributed by atoms with Crippen LogP contribution in [-0.4, -0.2) is 23.3 Å². The van der Waals surface area contributed by atoms with Gasteiger partial charge in [0, 0.05) is 6.54 Å². The zero-order chi connectivity index (χ0) is 16.2. The van der Waals surface area contributed by atoms with Gasteiger partial charge >= 0.3 is 18.0 Å². The predicted molar refractivity (Wildman–Crippen MR) is 72.8 cm³/mol. The molecule has 1 aromatic heterocycles. The molecular formula is C14H16F3N3O2. The highest BCUT2D eigenvalue weighted by molar-refractivity contribution is 6.39. The number of carbonyl (C=O) groups excluding carboxylic acids is 2. The molecule has 2 amide bonds. The molecule has 0 bridgehead atoms. The van der Waals surface area contributed by atoms with Gasteiger partial charge in [-0.2, -0.15) is 13.2 Å². The monoisotopic (exact) mass is 315 g/mol. The van der Waals surface area contributed by atoms with Crippen molar-refractivity contribution in [3.63, 3.8) is 0 Å². The Morgan fingerprint density at radius 1 is 1.23 bits per heavy atom. The molecule has 0 saturated heterocycles. The number of anilines is 1. The zero-order valence-electron chi connectivity index (χ0n) is 11.7. The smallest absolute Gasteiger partial charge is 0.348 e. The van der Waals surface area contributed by atoms with E-state index in [0.717, 1.165) is 37.6 Å². The summed E-state index contributed by atoms with van der Waals surface area (Å²) in [5, 5.41) is 4.69. The van der Waals surface area contributed by atoms with E-state index in [4.69, 9.17) is 0 Å². The Labute approximate surface area is 125 Å². The van der Waals surface area contributed by atoms with Crippen LogP contribution in [0.3, 0.4) is 0 Å². The normalized spacial score (nSPS) is 15.0. The Hall–Kier alpha value is -2.12. The van der Waals surface area contributed by atoms with E-state index >= 15 is 0 Å². The SMILES string of the molecule is O=C(NCCC1CCC1)C(=O)Nc1ccc(C(F)(F)F)nc1. The van der Waals surface area contributed by atoms with Crippen molar-refractivity contribution in [3.05, 3.63) is 24.0 Å². The van der Waals surface area contributed by atoms with Crippen molar-refractivity contribution in [3.8, 4) is 0 Å². The first-order valence-electron chi connectivity index (χ1n) is 6.98. The fraction of sp³-hybridized carbons (Fsp3) is 0.500. The first kappa shape index (κ1) is 16.3. The third kappa shape index (κ3) is 4.44. The lowest BCUT2D eigenvalue weighted by molar-refractivity contribution is -0.141. The lowest BCUT2D eigenvalue weighted by Gasteiger charge is -2.24. The Morgan fingerprint density at radius 3 is 2.45 bits per heavy atom. The number of halogens is 3. The van der Waals surface area contributed by atoms with E-state index in [1.54, 1.807) is 0 Å². The standard InChI is InChI=1S/C14H16F3N3O2/c15-14(16,17)11-5-4-10(8-19-11)20-13(22)12(21)18-7-6-9-2-1-3-9/h4-5,8-9H,1-3,6-7H2,(H,18,21)(H,20,22). The molecule has 22 heavy (non-hydrogen) atoms. The summed E-state index contributed by atoms with van der Waals surface area (Å²) in [4.78, 5) is 26.3. The van der Waals surface area contributed by atoms with Crippen LogP contribution in [-0.2, 0) is 15.8 Å². The first-order chi connectivity index (χ1) is 10.4. The number of pyridine rings is 1. The number of alkyl halides is 3. The van der Waals surface area contributed by atoms with E-state index in [-0.39, 0.29) is 5.69 Å². The van der Waals surface area contributed by atoms with E-state index < -0.39 is 23.7 Å². The Morgan fingerprint density at radius 2 is 1.95 bits per heavy atom. The molecule has 120 valence electrons. The van der Waals surface area contributed by atoms with Crippen molar-refractivity contribution in [2.24, 2.45) is 5.92 Å². The maximum Gasteiger partial charge on any atom is 0.433 e. The molecule has 0 unspecified atom stereocenters. The van der Waals surface area contributed by atoms with Gasteiger partial charge < -0.3 is 10.6 Å². The van der Waals surface area contributed by atoms with Gasteiger partial charge in [0.2, 0.25) is 0 Å². The van der Waals surface area contributed by atoms with Crippen LogP contribution in [0.25, 0.3) is 0 Å². The second-order valence-electron chi connectivity index (χ2n) is 5.23. The highest BCUT2D eigenvalue weighted by Gasteiger charge is 2.32. The van der Waals surface area contributed by atoms with Crippen molar-refractivity contribution in [1.29, 1.82) is 0 Å². The molecule has 1 aliphatic carbocycles. The van der Waals surface area contributed by atoms with Crippen molar-refractivity contribution in [1.82, 2.24) is 10.3 Å². The van der Waals surface area contributed by atoms with Crippen LogP contribution in [0, 0.1) is 5.92 Å². The molecule has 1 aromatic rings. The summed E-state index contributed by atoms with van der Waals surface area (Å²) >= 11 is 0. The molecular weight excluding hydrogens is 299 g/mol. The molecule has 5 nitrogen and oxygen atoms in total. The molecule has 0 spiro atoms. The number of aromatic nitrogens is 1. The number of amides is 2. The lowest BCUT2D eigenvalue weighted by atomic mass is 9.83. The van der Waals surface area contributed by atoms with Gasteiger partial charge in [-0.1, -0.05) is 19.3 Å². The van der Waals surface area contributed by atoms with Gasteiger partial charge in [-0.15, -0.1) is 0 Å². The number of rotatable bonds is 4. The summed E-state index contributed by atoms with van der Waals surface area (Å²) in [6, 6.07) is 1.79. The fourth-order valence-corrected chi connectivity index (χ4v) is 2.07. The molecule has 0 aliphatic heterocycles. The second-order valence-corrected chi connectivity index (χ2v) is 5.23. The van der Waals surface area contributed by atoms with E-state index in [9.17, 15) is 22.8 Å². The Bertz CT molecular complexity index is 539. The van der Waals surface area contributed by atoms with Crippen LogP contribution < -0.4 is 10.6 Å². The minimum atomic E-state index is -4.54. The fourth-order valence-electron chi connectivity index (χ4n) is 2.07. The summed E-state index contributed by atoms with van der Waals surface area (Å²) < 4.78 is 37.0. The molecule has 1 aliphatic rings. The number of hydrogen-bond acceptors (Lipinski definition) is 3.